The minimum absolute atomic E-state index is 0.0504. The lowest BCUT2D eigenvalue weighted by molar-refractivity contribution is -0.117. The van der Waals surface area contributed by atoms with Gasteiger partial charge in [-0.25, -0.2) is 0 Å². The van der Waals surface area contributed by atoms with Crippen LogP contribution in [0.1, 0.15) is 11.5 Å². The van der Waals surface area contributed by atoms with Crippen LogP contribution in [0.2, 0.25) is 5.02 Å². The Morgan fingerprint density at radius 3 is 2.62 bits per heavy atom. The highest BCUT2D eigenvalue weighted by molar-refractivity contribution is 6.32. The maximum absolute atomic E-state index is 12.3. The fourth-order valence-electron chi connectivity index (χ4n) is 2.96. The summed E-state index contributed by atoms with van der Waals surface area (Å²) in [6, 6.07) is 7.16. The molecule has 0 aliphatic carbocycles. The Bertz CT molecular complexity index is 757. The number of hydrogen-bond acceptors (Lipinski definition) is 6. The molecule has 0 unspecified atom stereocenters. The first-order valence-electron chi connectivity index (χ1n) is 8.54. The Morgan fingerprint density at radius 1 is 1.27 bits per heavy atom. The molecule has 7 nitrogen and oxygen atoms in total. The molecule has 1 aromatic carbocycles. The van der Waals surface area contributed by atoms with E-state index in [4.69, 9.17) is 20.9 Å². The predicted octanol–water partition coefficient (Wildman–Crippen LogP) is 2.40. The van der Waals surface area contributed by atoms with E-state index >= 15 is 0 Å². The lowest BCUT2D eigenvalue weighted by Crippen LogP contribution is -2.48. The first kappa shape index (κ1) is 18.7. The zero-order chi connectivity index (χ0) is 18.5. The molecule has 3 rings (SSSR count). The van der Waals surface area contributed by atoms with Crippen LogP contribution < -0.4 is 10.1 Å². The topological polar surface area (TPSA) is 70.8 Å². The fraction of sp³-hybridized carbons (Fsp3) is 0.444. The molecule has 26 heavy (non-hydrogen) atoms. The lowest BCUT2D eigenvalue weighted by atomic mass is 10.2. The summed E-state index contributed by atoms with van der Waals surface area (Å²) < 4.78 is 10.4. The van der Waals surface area contributed by atoms with Gasteiger partial charge in [-0.15, -0.1) is 0 Å². The SMILES string of the molecule is COc1ccc(NC(=O)CN2CCN(Cc3cc(C)no3)CC2)cc1Cl. The lowest BCUT2D eigenvalue weighted by Gasteiger charge is -2.33. The van der Waals surface area contributed by atoms with E-state index in [1.54, 1.807) is 25.3 Å². The number of nitrogens with one attached hydrogen (secondary N) is 1. The molecule has 1 N–H and O–H groups in total. The maximum Gasteiger partial charge on any atom is 0.238 e. The van der Waals surface area contributed by atoms with E-state index < -0.39 is 0 Å². The van der Waals surface area contributed by atoms with Gasteiger partial charge in [0.1, 0.15) is 5.75 Å². The number of amides is 1. The zero-order valence-electron chi connectivity index (χ0n) is 15.0. The molecule has 1 aliphatic heterocycles. The molecule has 0 spiro atoms. The predicted molar refractivity (Wildman–Crippen MR) is 99.6 cm³/mol. The van der Waals surface area contributed by atoms with Gasteiger partial charge in [-0.3, -0.25) is 14.6 Å². The Kier molecular flexibility index (Phi) is 6.13. The van der Waals surface area contributed by atoms with Crippen LogP contribution in [0.5, 0.6) is 5.75 Å². The monoisotopic (exact) mass is 378 g/mol. The van der Waals surface area contributed by atoms with Crippen molar-refractivity contribution in [3.05, 3.63) is 40.7 Å². The molecule has 0 atom stereocenters. The largest absolute Gasteiger partial charge is 0.495 e. The number of ether oxygens (including phenoxy) is 1. The Labute approximate surface area is 157 Å². The van der Waals surface area contributed by atoms with Crippen molar-refractivity contribution in [3.8, 4) is 5.75 Å². The molecule has 140 valence electrons. The van der Waals surface area contributed by atoms with Gasteiger partial charge in [-0.1, -0.05) is 16.8 Å². The molecular weight excluding hydrogens is 356 g/mol. The number of benzene rings is 1. The number of aromatic nitrogens is 1. The minimum atomic E-state index is -0.0504. The van der Waals surface area contributed by atoms with Gasteiger partial charge in [0.15, 0.2) is 5.76 Å². The number of aryl methyl sites for hydroxylation is 1. The average molecular weight is 379 g/mol. The first-order valence-corrected chi connectivity index (χ1v) is 8.91. The van der Waals surface area contributed by atoms with Gasteiger partial charge in [-0.05, 0) is 25.1 Å². The van der Waals surface area contributed by atoms with Crippen molar-refractivity contribution >= 4 is 23.2 Å². The molecule has 2 aromatic rings. The van der Waals surface area contributed by atoms with E-state index in [9.17, 15) is 4.79 Å². The van der Waals surface area contributed by atoms with Crippen molar-refractivity contribution in [1.82, 2.24) is 15.0 Å². The standard InChI is InChI=1S/C18H23ClN4O3/c1-13-9-15(26-21-13)11-22-5-7-23(8-6-22)12-18(24)20-14-3-4-17(25-2)16(19)10-14/h3-4,9-10H,5-8,11-12H2,1-2H3,(H,20,24). The Morgan fingerprint density at radius 2 is 2.00 bits per heavy atom. The van der Waals surface area contributed by atoms with E-state index in [0.29, 0.717) is 23.0 Å². The number of carbonyl (C=O) groups is 1. The molecule has 1 amide bonds. The molecule has 1 aliphatic rings. The van der Waals surface area contributed by atoms with E-state index in [1.807, 2.05) is 13.0 Å². The summed E-state index contributed by atoms with van der Waals surface area (Å²) in [5.41, 5.74) is 1.56. The zero-order valence-corrected chi connectivity index (χ0v) is 15.8. The van der Waals surface area contributed by atoms with Crippen LogP contribution in [-0.2, 0) is 11.3 Å². The molecule has 8 heteroatoms. The van der Waals surface area contributed by atoms with E-state index in [1.165, 1.54) is 0 Å². The van der Waals surface area contributed by atoms with Gasteiger partial charge in [0.2, 0.25) is 5.91 Å². The second-order valence-electron chi connectivity index (χ2n) is 6.38. The van der Waals surface area contributed by atoms with Gasteiger partial charge in [0, 0.05) is 37.9 Å². The van der Waals surface area contributed by atoms with Gasteiger partial charge in [0.05, 0.1) is 30.9 Å². The number of hydrogen-bond donors (Lipinski definition) is 1. The summed E-state index contributed by atoms with van der Waals surface area (Å²) >= 11 is 6.08. The van der Waals surface area contributed by atoms with Gasteiger partial charge < -0.3 is 14.6 Å². The maximum atomic E-state index is 12.3. The van der Waals surface area contributed by atoms with Crippen LogP contribution in [-0.4, -0.2) is 60.7 Å². The summed E-state index contributed by atoms with van der Waals surface area (Å²) in [5, 5.41) is 7.26. The summed E-state index contributed by atoms with van der Waals surface area (Å²) in [7, 11) is 1.56. The highest BCUT2D eigenvalue weighted by Gasteiger charge is 2.20. The van der Waals surface area contributed by atoms with E-state index in [-0.39, 0.29) is 5.91 Å². The molecule has 2 heterocycles. The molecule has 0 bridgehead atoms. The van der Waals surface area contributed by atoms with Crippen molar-refractivity contribution in [2.75, 3.05) is 45.2 Å². The second kappa shape index (κ2) is 8.53. The molecule has 0 radical (unpaired) electrons. The number of nitrogens with zero attached hydrogens (tertiary/aromatic N) is 3. The summed E-state index contributed by atoms with van der Waals surface area (Å²) in [6.45, 7) is 6.49. The van der Waals surface area contributed by atoms with Gasteiger partial charge in [0.25, 0.3) is 0 Å². The number of halogens is 1. The van der Waals surface area contributed by atoms with Crippen molar-refractivity contribution in [3.63, 3.8) is 0 Å². The van der Waals surface area contributed by atoms with Crippen LogP contribution in [0.3, 0.4) is 0 Å². The second-order valence-corrected chi connectivity index (χ2v) is 6.79. The number of carbonyl (C=O) groups excluding carboxylic acids is 1. The Balaban J connectivity index is 1.43. The molecule has 1 fully saturated rings. The van der Waals surface area contributed by atoms with Crippen LogP contribution >= 0.6 is 11.6 Å². The van der Waals surface area contributed by atoms with Gasteiger partial charge >= 0.3 is 0 Å². The minimum Gasteiger partial charge on any atom is -0.495 e. The Hall–Kier alpha value is -2.09. The van der Waals surface area contributed by atoms with Crippen LogP contribution in [0.15, 0.2) is 28.8 Å². The van der Waals surface area contributed by atoms with Crippen LogP contribution in [0.4, 0.5) is 5.69 Å². The summed E-state index contributed by atoms with van der Waals surface area (Å²) in [4.78, 5) is 16.7. The normalized spacial score (nSPS) is 15.8. The van der Waals surface area contributed by atoms with E-state index in [2.05, 4.69) is 20.3 Å². The van der Waals surface area contributed by atoms with E-state index in [0.717, 1.165) is 44.2 Å². The third-order valence-corrected chi connectivity index (χ3v) is 4.62. The average Bonchev–Trinajstić information content (AvgIpc) is 3.01. The summed E-state index contributed by atoms with van der Waals surface area (Å²) in [5.74, 6) is 1.42. The third kappa shape index (κ3) is 4.97. The number of methoxy groups -OCH3 is 1. The fourth-order valence-corrected chi connectivity index (χ4v) is 3.22. The van der Waals surface area contributed by atoms with Gasteiger partial charge in [-0.2, -0.15) is 0 Å². The first-order chi connectivity index (χ1) is 12.5. The van der Waals surface area contributed by atoms with Crippen molar-refractivity contribution in [2.24, 2.45) is 0 Å². The molecule has 1 saturated heterocycles. The van der Waals surface area contributed by atoms with Crippen molar-refractivity contribution in [2.45, 2.75) is 13.5 Å². The molecule has 1 aromatic heterocycles. The molecule has 0 saturated carbocycles. The smallest absolute Gasteiger partial charge is 0.238 e. The highest BCUT2D eigenvalue weighted by Crippen LogP contribution is 2.27. The summed E-state index contributed by atoms with van der Waals surface area (Å²) in [6.07, 6.45) is 0. The van der Waals surface area contributed by atoms with Crippen LogP contribution in [0.25, 0.3) is 0 Å². The third-order valence-electron chi connectivity index (χ3n) is 4.32. The molecular formula is C18H23ClN4O3. The van der Waals surface area contributed by atoms with Crippen molar-refractivity contribution < 1.29 is 14.1 Å². The van der Waals surface area contributed by atoms with Crippen molar-refractivity contribution in [1.29, 1.82) is 0 Å². The number of anilines is 1. The quantitative estimate of drug-likeness (QED) is 0.832. The highest BCUT2D eigenvalue weighted by atomic mass is 35.5. The van der Waals surface area contributed by atoms with Crippen LogP contribution in [0, 0.1) is 6.92 Å². The number of rotatable bonds is 6. The number of piperazine rings is 1.